The summed E-state index contributed by atoms with van der Waals surface area (Å²) in [5.41, 5.74) is 2.11. The Bertz CT molecular complexity index is 951. The molecule has 0 aliphatic heterocycles. The molecule has 0 heterocycles. The topological polar surface area (TPSA) is 93.7 Å². The van der Waals surface area contributed by atoms with Crippen molar-refractivity contribution in [2.45, 2.75) is 32.6 Å². The van der Waals surface area contributed by atoms with Crippen LogP contribution in [0.25, 0.3) is 0 Å². The maximum absolute atomic E-state index is 12.1. The minimum atomic E-state index is -0.546. The summed E-state index contributed by atoms with van der Waals surface area (Å²) in [6.45, 7) is 1.60. The summed E-state index contributed by atoms with van der Waals surface area (Å²) in [6.07, 6.45) is 1.15. The number of ether oxygens (including phenoxy) is 2. The van der Waals surface area contributed by atoms with Gasteiger partial charge in [-0.2, -0.15) is 0 Å². The Hall–Kier alpha value is -2.58. The molecule has 2 aromatic rings. The van der Waals surface area contributed by atoms with Gasteiger partial charge < -0.3 is 20.1 Å². The summed E-state index contributed by atoms with van der Waals surface area (Å²) in [5.74, 6) is -0.764. The second-order valence-electron chi connectivity index (χ2n) is 6.61. The van der Waals surface area contributed by atoms with Gasteiger partial charge in [0.15, 0.2) is 6.61 Å². The van der Waals surface area contributed by atoms with E-state index in [-0.39, 0.29) is 31.8 Å². The van der Waals surface area contributed by atoms with E-state index in [0.717, 1.165) is 16.5 Å². The third-order valence-corrected chi connectivity index (χ3v) is 5.04. The summed E-state index contributed by atoms with van der Waals surface area (Å²) < 4.78 is 11.1. The van der Waals surface area contributed by atoms with E-state index < -0.39 is 11.9 Å². The van der Waals surface area contributed by atoms with Gasteiger partial charge in [0, 0.05) is 28.0 Å². The Morgan fingerprint density at radius 3 is 2.45 bits per heavy atom. The third-order valence-electron chi connectivity index (χ3n) is 4.31. The normalized spacial score (nSPS) is 10.3. The number of benzene rings is 2. The molecule has 0 atom stereocenters. The molecule has 0 unspecified atom stereocenters. The van der Waals surface area contributed by atoms with Crippen LogP contribution in [-0.4, -0.2) is 31.5 Å². The molecule has 2 aromatic carbocycles. The zero-order valence-electron chi connectivity index (χ0n) is 17.3. The maximum atomic E-state index is 12.1. The number of anilines is 2. The van der Waals surface area contributed by atoms with Gasteiger partial charge in [-0.25, -0.2) is 0 Å². The number of halogens is 2. The fourth-order valence-electron chi connectivity index (χ4n) is 2.77. The summed E-state index contributed by atoms with van der Waals surface area (Å²) in [7, 11) is 1.49. The Kier molecular flexibility index (Phi) is 9.81. The molecule has 0 saturated heterocycles. The second-order valence-corrected chi connectivity index (χ2v) is 7.96. The summed E-state index contributed by atoms with van der Waals surface area (Å²) in [6, 6.07) is 10.4. The van der Waals surface area contributed by atoms with Crippen molar-refractivity contribution in [1.29, 1.82) is 0 Å². The first kappa shape index (κ1) is 24.7. The molecule has 0 saturated carbocycles. The van der Waals surface area contributed by atoms with E-state index in [1.54, 1.807) is 24.3 Å². The SMILES string of the molecule is CCc1cc(Br)ccc1NC(=O)COC(=O)CCCC(=O)Nc1cc(Cl)ccc1OC. The number of hydrogen-bond donors (Lipinski definition) is 2. The van der Waals surface area contributed by atoms with Gasteiger partial charge in [-0.05, 0) is 54.8 Å². The maximum Gasteiger partial charge on any atom is 0.306 e. The number of nitrogens with one attached hydrogen (secondary N) is 2. The molecule has 2 amide bonds. The van der Waals surface area contributed by atoms with Gasteiger partial charge in [-0.1, -0.05) is 34.5 Å². The van der Waals surface area contributed by atoms with Gasteiger partial charge in [0.05, 0.1) is 12.8 Å². The lowest BCUT2D eigenvalue weighted by Gasteiger charge is -2.11. The monoisotopic (exact) mass is 510 g/mol. The molecule has 0 fully saturated rings. The lowest BCUT2D eigenvalue weighted by molar-refractivity contribution is -0.147. The first-order chi connectivity index (χ1) is 14.8. The van der Waals surface area contributed by atoms with E-state index in [0.29, 0.717) is 22.1 Å². The number of hydrogen-bond acceptors (Lipinski definition) is 5. The van der Waals surface area contributed by atoms with Crippen LogP contribution in [0.2, 0.25) is 5.02 Å². The number of carbonyl (C=O) groups excluding carboxylic acids is 3. The van der Waals surface area contributed by atoms with Gasteiger partial charge in [0.2, 0.25) is 5.91 Å². The number of amides is 2. The van der Waals surface area contributed by atoms with Crippen LogP contribution >= 0.6 is 27.5 Å². The Morgan fingerprint density at radius 2 is 1.74 bits per heavy atom. The van der Waals surface area contributed by atoms with E-state index >= 15 is 0 Å². The van der Waals surface area contributed by atoms with Gasteiger partial charge >= 0.3 is 5.97 Å². The largest absolute Gasteiger partial charge is 0.495 e. The molecule has 166 valence electrons. The molecular formula is C22H24BrClN2O5. The summed E-state index contributed by atoms with van der Waals surface area (Å²) in [5, 5.41) is 5.90. The van der Waals surface area contributed by atoms with Gasteiger partial charge in [0.1, 0.15) is 5.75 Å². The van der Waals surface area contributed by atoms with Gasteiger partial charge in [-0.15, -0.1) is 0 Å². The molecule has 31 heavy (non-hydrogen) atoms. The first-order valence-corrected chi connectivity index (χ1v) is 10.9. The van der Waals surface area contributed by atoms with Crippen molar-refractivity contribution in [3.63, 3.8) is 0 Å². The number of esters is 1. The molecule has 0 aliphatic carbocycles. The average Bonchev–Trinajstić information content (AvgIpc) is 2.73. The molecule has 2 N–H and O–H groups in total. The predicted octanol–water partition coefficient (Wildman–Crippen LogP) is 4.96. The molecule has 0 aromatic heterocycles. The van der Waals surface area contributed by atoms with Crippen molar-refractivity contribution in [3.05, 3.63) is 51.5 Å². The number of carbonyl (C=O) groups is 3. The van der Waals surface area contributed by atoms with Crippen molar-refractivity contribution < 1.29 is 23.9 Å². The fraction of sp³-hybridized carbons (Fsp3) is 0.318. The van der Waals surface area contributed by atoms with Crippen LogP contribution in [-0.2, 0) is 25.5 Å². The van der Waals surface area contributed by atoms with E-state index in [2.05, 4.69) is 26.6 Å². The molecule has 2 rings (SSSR count). The molecule has 0 bridgehead atoms. The van der Waals surface area contributed by atoms with E-state index in [1.165, 1.54) is 7.11 Å². The van der Waals surface area contributed by atoms with Crippen molar-refractivity contribution in [3.8, 4) is 5.75 Å². The Morgan fingerprint density at radius 1 is 1.00 bits per heavy atom. The molecule has 9 heteroatoms. The predicted molar refractivity (Wildman–Crippen MR) is 124 cm³/mol. The Balaban J connectivity index is 1.72. The molecule has 0 radical (unpaired) electrons. The van der Waals surface area contributed by atoms with Crippen molar-refractivity contribution in [2.75, 3.05) is 24.4 Å². The van der Waals surface area contributed by atoms with Gasteiger partial charge in [0.25, 0.3) is 5.91 Å². The first-order valence-electron chi connectivity index (χ1n) is 9.69. The summed E-state index contributed by atoms with van der Waals surface area (Å²) in [4.78, 5) is 36.0. The molecule has 7 nitrogen and oxygen atoms in total. The Labute approximate surface area is 194 Å². The third kappa shape index (κ3) is 8.22. The standard InChI is InChI=1S/C22H24BrClN2O5/c1-3-14-11-15(23)7-9-17(14)25-21(28)13-31-22(29)6-4-5-20(27)26-18-12-16(24)8-10-19(18)30-2/h7-12H,3-6,13H2,1-2H3,(H,25,28)(H,26,27). The van der Waals surface area contributed by atoms with Crippen LogP contribution < -0.4 is 15.4 Å². The van der Waals surface area contributed by atoms with Crippen molar-refractivity contribution in [2.24, 2.45) is 0 Å². The lowest BCUT2D eigenvalue weighted by Crippen LogP contribution is -2.21. The van der Waals surface area contributed by atoms with Gasteiger partial charge in [-0.3, -0.25) is 14.4 Å². The highest BCUT2D eigenvalue weighted by atomic mass is 79.9. The lowest BCUT2D eigenvalue weighted by atomic mass is 10.1. The highest BCUT2D eigenvalue weighted by Crippen LogP contribution is 2.27. The highest BCUT2D eigenvalue weighted by molar-refractivity contribution is 9.10. The average molecular weight is 512 g/mol. The van der Waals surface area contributed by atoms with E-state index in [1.807, 2.05) is 19.1 Å². The quantitative estimate of drug-likeness (QED) is 0.440. The van der Waals surface area contributed by atoms with Crippen LogP contribution in [0.1, 0.15) is 31.7 Å². The number of rotatable bonds is 10. The van der Waals surface area contributed by atoms with Crippen LogP contribution in [0.5, 0.6) is 5.75 Å². The number of aryl methyl sites for hydroxylation is 1. The van der Waals surface area contributed by atoms with E-state index in [9.17, 15) is 14.4 Å². The van der Waals surface area contributed by atoms with Crippen LogP contribution in [0.4, 0.5) is 11.4 Å². The zero-order chi connectivity index (χ0) is 22.8. The van der Waals surface area contributed by atoms with E-state index in [4.69, 9.17) is 21.1 Å². The summed E-state index contributed by atoms with van der Waals surface area (Å²) >= 11 is 9.33. The second kappa shape index (κ2) is 12.3. The molecular weight excluding hydrogens is 488 g/mol. The highest BCUT2D eigenvalue weighted by Gasteiger charge is 2.12. The van der Waals surface area contributed by atoms with Crippen LogP contribution in [0.15, 0.2) is 40.9 Å². The van der Waals surface area contributed by atoms with Crippen molar-refractivity contribution >= 4 is 56.7 Å². The number of methoxy groups -OCH3 is 1. The minimum absolute atomic E-state index is 0.0197. The molecule has 0 spiro atoms. The van der Waals surface area contributed by atoms with Crippen LogP contribution in [0.3, 0.4) is 0 Å². The fourth-order valence-corrected chi connectivity index (χ4v) is 3.35. The minimum Gasteiger partial charge on any atom is -0.495 e. The van der Waals surface area contributed by atoms with Crippen LogP contribution in [0, 0.1) is 0 Å². The smallest absolute Gasteiger partial charge is 0.306 e. The zero-order valence-corrected chi connectivity index (χ0v) is 19.6. The molecule has 0 aliphatic rings. The van der Waals surface area contributed by atoms with Crippen molar-refractivity contribution in [1.82, 2.24) is 0 Å².